The van der Waals surface area contributed by atoms with E-state index >= 15 is 0 Å². The number of anilines is 1. The number of hydrogen-bond acceptors (Lipinski definition) is 2. The van der Waals surface area contributed by atoms with Crippen molar-refractivity contribution in [3.05, 3.63) is 77.4 Å². The lowest BCUT2D eigenvalue weighted by atomic mass is 10.2. The summed E-state index contributed by atoms with van der Waals surface area (Å²) in [5.74, 6) is -0.346. The lowest BCUT2D eigenvalue weighted by Gasteiger charge is -2.16. The van der Waals surface area contributed by atoms with Crippen molar-refractivity contribution in [2.75, 3.05) is 18.9 Å². The molecule has 144 valence electrons. The van der Waals surface area contributed by atoms with E-state index in [1.807, 2.05) is 42.5 Å². The molecular weight excluding hydrogens is 374 g/mol. The number of aromatic amines is 1. The third-order valence-corrected chi connectivity index (χ3v) is 4.59. The van der Waals surface area contributed by atoms with Crippen LogP contribution in [0, 0.1) is 0 Å². The molecule has 0 fully saturated rings. The molecule has 1 aromatic heterocycles. The molecule has 3 rings (SSSR count). The van der Waals surface area contributed by atoms with Gasteiger partial charge >= 0.3 is 0 Å². The lowest BCUT2D eigenvalue weighted by Crippen LogP contribution is -2.35. The monoisotopic (exact) mass is 395 g/mol. The summed E-state index contributed by atoms with van der Waals surface area (Å²) in [6.07, 6.45) is 0.918. The van der Waals surface area contributed by atoms with Crippen molar-refractivity contribution in [3.8, 4) is 11.3 Å². The molecule has 2 N–H and O–H groups in total. The van der Waals surface area contributed by atoms with Gasteiger partial charge in [-0.2, -0.15) is 0 Å². The van der Waals surface area contributed by atoms with Crippen LogP contribution in [0.15, 0.2) is 66.7 Å². The molecule has 0 aliphatic rings. The lowest BCUT2D eigenvalue weighted by molar-refractivity contribution is -0.133. The Balaban J connectivity index is 1.48. The first-order chi connectivity index (χ1) is 13.5. The molecule has 6 heteroatoms. The van der Waals surface area contributed by atoms with Crippen molar-refractivity contribution in [2.24, 2.45) is 0 Å². The smallest absolute Gasteiger partial charge is 0.243 e. The number of hydrogen-bond donors (Lipinski definition) is 2. The van der Waals surface area contributed by atoms with Crippen LogP contribution >= 0.6 is 11.6 Å². The molecule has 0 saturated heterocycles. The first-order valence-corrected chi connectivity index (χ1v) is 9.42. The largest absolute Gasteiger partial charge is 0.358 e. The number of halogens is 1. The number of benzene rings is 2. The second-order valence-electron chi connectivity index (χ2n) is 6.57. The van der Waals surface area contributed by atoms with Crippen LogP contribution in [0.25, 0.3) is 11.3 Å². The predicted molar refractivity (Wildman–Crippen MR) is 112 cm³/mol. The fraction of sp³-hybridized carbons (Fsp3) is 0.182. The zero-order valence-corrected chi connectivity index (χ0v) is 16.4. The van der Waals surface area contributed by atoms with E-state index in [0.29, 0.717) is 23.6 Å². The summed E-state index contributed by atoms with van der Waals surface area (Å²) in [5.41, 5.74) is 3.73. The minimum absolute atomic E-state index is 0.00859. The molecule has 2 aromatic carbocycles. The Kier molecular flexibility index (Phi) is 6.50. The molecule has 5 nitrogen and oxygen atoms in total. The zero-order chi connectivity index (χ0) is 19.9. The molecule has 0 unspecified atom stereocenters. The van der Waals surface area contributed by atoms with Crippen LogP contribution < -0.4 is 5.32 Å². The standard InChI is InChI=1S/C22H22ClN3O2/c1-26(15-21(27)25-19-9-5-8-17(23)14-19)22(28)13-11-18-10-12-20(24-18)16-6-3-2-4-7-16/h2-10,12,14,24H,11,13,15H2,1H3,(H,25,27). The van der Waals surface area contributed by atoms with Crippen molar-refractivity contribution < 1.29 is 9.59 Å². The molecule has 0 saturated carbocycles. The Labute approximate surface area is 169 Å². The van der Waals surface area contributed by atoms with Gasteiger partial charge in [-0.25, -0.2) is 0 Å². The molecular formula is C22H22ClN3O2. The van der Waals surface area contributed by atoms with Gasteiger partial charge in [-0.3, -0.25) is 9.59 Å². The van der Waals surface area contributed by atoms with Crippen molar-refractivity contribution in [1.29, 1.82) is 0 Å². The number of amides is 2. The first-order valence-electron chi connectivity index (χ1n) is 9.04. The van der Waals surface area contributed by atoms with Gasteiger partial charge in [0.05, 0.1) is 6.54 Å². The average Bonchev–Trinajstić information content (AvgIpc) is 3.15. The van der Waals surface area contributed by atoms with Crippen LogP contribution in [0.2, 0.25) is 5.02 Å². The quantitative estimate of drug-likeness (QED) is 0.624. The highest BCUT2D eigenvalue weighted by Gasteiger charge is 2.14. The maximum atomic E-state index is 12.3. The van der Waals surface area contributed by atoms with Gasteiger partial charge in [0.25, 0.3) is 0 Å². The summed E-state index contributed by atoms with van der Waals surface area (Å²) in [7, 11) is 1.63. The Morgan fingerprint density at radius 3 is 2.57 bits per heavy atom. The van der Waals surface area contributed by atoms with E-state index in [2.05, 4.69) is 10.3 Å². The summed E-state index contributed by atoms with van der Waals surface area (Å²) in [5, 5.41) is 3.28. The SMILES string of the molecule is CN(CC(=O)Nc1cccc(Cl)c1)C(=O)CCc1ccc(-c2ccccc2)[nH]1. The number of aryl methyl sites for hydroxylation is 1. The summed E-state index contributed by atoms with van der Waals surface area (Å²) in [6.45, 7) is -0.00859. The topological polar surface area (TPSA) is 65.2 Å². The van der Waals surface area contributed by atoms with E-state index in [0.717, 1.165) is 17.0 Å². The van der Waals surface area contributed by atoms with E-state index in [9.17, 15) is 9.59 Å². The zero-order valence-electron chi connectivity index (χ0n) is 15.6. The fourth-order valence-corrected chi connectivity index (χ4v) is 3.07. The minimum Gasteiger partial charge on any atom is -0.358 e. The number of carbonyl (C=O) groups excluding carboxylic acids is 2. The van der Waals surface area contributed by atoms with Crippen LogP contribution in [0.4, 0.5) is 5.69 Å². The molecule has 0 bridgehead atoms. The van der Waals surface area contributed by atoms with Crippen LogP contribution in [0.3, 0.4) is 0 Å². The molecule has 2 amide bonds. The summed E-state index contributed by atoms with van der Waals surface area (Å²) < 4.78 is 0. The molecule has 3 aromatic rings. The second kappa shape index (κ2) is 9.24. The molecule has 0 aliphatic carbocycles. The van der Waals surface area contributed by atoms with Crippen LogP contribution in [0.5, 0.6) is 0 Å². The Morgan fingerprint density at radius 1 is 1.04 bits per heavy atom. The van der Waals surface area contributed by atoms with Crippen LogP contribution in [-0.2, 0) is 16.0 Å². The average molecular weight is 396 g/mol. The minimum atomic E-state index is -0.260. The number of carbonyl (C=O) groups is 2. The van der Waals surface area contributed by atoms with Gasteiger partial charge in [0.2, 0.25) is 11.8 Å². The predicted octanol–water partition coefficient (Wildman–Crippen LogP) is 4.36. The number of nitrogens with zero attached hydrogens (tertiary/aromatic N) is 1. The van der Waals surface area contributed by atoms with E-state index in [4.69, 9.17) is 11.6 Å². The summed E-state index contributed by atoms with van der Waals surface area (Å²) in [6, 6.07) is 20.9. The van der Waals surface area contributed by atoms with Gasteiger partial charge in [-0.05, 0) is 42.3 Å². The third kappa shape index (κ3) is 5.47. The van der Waals surface area contributed by atoms with Crippen molar-refractivity contribution in [1.82, 2.24) is 9.88 Å². The van der Waals surface area contributed by atoms with Gasteiger partial charge < -0.3 is 15.2 Å². The number of rotatable bonds is 7. The highest BCUT2D eigenvalue weighted by Crippen LogP contribution is 2.19. The first kappa shape index (κ1) is 19.7. The number of aromatic nitrogens is 1. The van der Waals surface area contributed by atoms with Gasteiger partial charge in [-0.1, -0.05) is 48.0 Å². The Morgan fingerprint density at radius 2 is 1.82 bits per heavy atom. The third-order valence-electron chi connectivity index (χ3n) is 4.35. The second-order valence-corrected chi connectivity index (χ2v) is 7.01. The van der Waals surface area contributed by atoms with E-state index < -0.39 is 0 Å². The highest BCUT2D eigenvalue weighted by molar-refractivity contribution is 6.30. The van der Waals surface area contributed by atoms with Gasteiger partial charge in [0.1, 0.15) is 0 Å². The van der Waals surface area contributed by atoms with Crippen LogP contribution in [0.1, 0.15) is 12.1 Å². The normalized spacial score (nSPS) is 10.5. The van der Waals surface area contributed by atoms with Gasteiger partial charge in [-0.15, -0.1) is 0 Å². The van der Waals surface area contributed by atoms with E-state index in [-0.39, 0.29) is 18.4 Å². The molecule has 0 atom stereocenters. The summed E-state index contributed by atoms with van der Waals surface area (Å²) in [4.78, 5) is 29.2. The molecule has 0 radical (unpaired) electrons. The Bertz CT molecular complexity index is 953. The summed E-state index contributed by atoms with van der Waals surface area (Å²) >= 11 is 5.91. The fourth-order valence-electron chi connectivity index (χ4n) is 2.87. The maximum Gasteiger partial charge on any atom is 0.243 e. The molecule has 28 heavy (non-hydrogen) atoms. The Hall–Kier alpha value is -3.05. The number of nitrogens with one attached hydrogen (secondary N) is 2. The van der Waals surface area contributed by atoms with Crippen LogP contribution in [-0.4, -0.2) is 35.3 Å². The van der Waals surface area contributed by atoms with E-state index in [1.165, 1.54) is 4.90 Å². The molecule has 0 aliphatic heterocycles. The van der Waals surface area contributed by atoms with Gasteiger partial charge in [0, 0.05) is 35.6 Å². The number of likely N-dealkylation sites (N-methyl/N-ethyl adjacent to an activating group) is 1. The van der Waals surface area contributed by atoms with Crippen molar-refractivity contribution >= 4 is 29.1 Å². The highest BCUT2D eigenvalue weighted by atomic mass is 35.5. The molecule has 0 spiro atoms. The van der Waals surface area contributed by atoms with Crippen molar-refractivity contribution in [3.63, 3.8) is 0 Å². The molecule has 1 heterocycles. The van der Waals surface area contributed by atoms with E-state index in [1.54, 1.807) is 31.3 Å². The van der Waals surface area contributed by atoms with Gasteiger partial charge in [0.15, 0.2) is 0 Å². The van der Waals surface area contributed by atoms with Crippen molar-refractivity contribution in [2.45, 2.75) is 12.8 Å². The number of H-pyrrole nitrogens is 1. The maximum absolute atomic E-state index is 12.3.